The van der Waals surface area contributed by atoms with Crippen molar-refractivity contribution >= 4 is 17.5 Å². The Morgan fingerprint density at radius 2 is 1.60 bits per heavy atom. The molecule has 0 aliphatic carbocycles. The Balaban J connectivity index is 1.56. The van der Waals surface area contributed by atoms with Crippen molar-refractivity contribution in [3.8, 4) is 22.7 Å². The highest BCUT2D eigenvalue weighted by Crippen LogP contribution is 2.26. The SMILES string of the molecule is COc1ccc(-c2nn(-c3ccccc3)cc2C(=O)NCC(=O)Nc2c(C)cc(C)cc2C)cc1. The minimum atomic E-state index is -0.384. The predicted molar refractivity (Wildman–Crippen MR) is 137 cm³/mol. The van der Waals surface area contributed by atoms with E-state index in [1.54, 1.807) is 18.0 Å². The molecule has 0 aliphatic heterocycles. The fourth-order valence-electron chi connectivity index (χ4n) is 4.03. The van der Waals surface area contributed by atoms with E-state index in [1.807, 2.05) is 87.5 Å². The van der Waals surface area contributed by atoms with E-state index in [-0.39, 0.29) is 18.4 Å². The number of hydrogen-bond donors (Lipinski definition) is 2. The molecule has 2 N–H and O–H groups in total. The van der Waals surface area contributed by atoms with E-state index in [2.05, 4.69) is 15.7 Å². The van der Waals surface area contributed by atoms with Gasteiger partial charge in [-0.3, -0.25) is 9.59 Å². The first kappa shape index (κ1) is 23.8. The number of nitrogens with zero attached hydrogens (tertiary/aromatic N) is 2. The molecule has 0 atom stereocenters. The summed E-state index contributed by atoms with van der Waals surface area (Å²) in [7, 11) is 1.60. The third kappa shape index (κ3) is 5.41. The lowest BCUT2D eigenvalue weighted by Crippen LogP contribution is -2.33. The number of aryl methyl sites for hydroxylation is 3. The molecule has 3 aromatic carbocycles. The highest BCUT2D eigenvalue weighted by molar-refractivity contribution is 6.03. The van der Waals surface area contributed by atoms with Gasteiger partial charge in [0.15, 0.2) is 0 Å². The van der Waals surface area contributed by atoms with Gasteiger partial charge in [-0.1, -0.05) is 35.9 Å². The zero-order chi connectivity index (χ0) is 24.9. The normalized spacial score (nSPS) is 10.6. The van der Waals surface area contributed by atoms with Crippen LogP contribution in [0.1, 0.15) is 27.0 Å². The molecule has 0 saturated heterocycles. The highest BCUT2D eigenvalue weighted by Gasteiger charge is 2.20. The van der Waals surface area contributed by atoms with Crippen LogP contribution < -0.4 is 15.4 Å². The minimum absolute atomic E-state index is 0.163. The van der Waals surface area contributed by atoms with E-state index in [4.69, 9.17) is 4.74 Å². The van der Waals surface area contributed by atoms with Crippen molar-refractivity contribution in [3.63, 3.8) is 0 Å². The van der Waals surface area contributed by atoms with Gasteiger partial charge in [-0.05, 0) is 68.3 Å². The Hall–Kier alpha value is -4.39. The minimum Gasteiger partial charge on any atom is -0.497 e. The molecule has 178 valence electrons. The van der Waals surface area contributed by atoms with E-state index < -0.39 is 0 Å². The van der Waals surface area contributed by atoms with Gasteiger partial charge in [0.1, 0.15) is 11.4 Å². The number of anilines is 1. The number of amides is 2. The number of hydrogen-bond acceptors (Lipinski definition) is 4. The van der Waals surface area contributed by atoms with Crippen LogP contribution in [0, 0.1) is 20.8 Å². The van der Waals surface area contributed by atoms with Crippen LogP contribution in [0.2, 0.25) is 0 Å². The number of rotatable bonds is 7. The summed E-state index contributed by atoms with van der Waals surface area (Å²) in [5.41, 5.74) is 6.33. The molecule has 2 amide bonds. The topological polar surface area (TPSA) is 85.2 Å². The van der Waals surface area contributed by atoms with Crippen LogP contribution in [0.4, 0.5) is 5.69 Å². The smallest absolute Gasteiger partial charge is 0.255 e. The number of para-hydroxylation sites is 1. The molecule has 7 heteroatoms. The van der Waals surface area contributed by atoms with Crippen molar-refractivity contribution in [3.05, 3.63) is 95.2 Å². The second-order valence-electron chi connectivity index (χ2n) is 8.40. The molecule has 0 unspecified atom stereocenters. The van der Waals surface area contributed by atoms with Crippen molar-refractivity contribution in [2.24, 2.45) is 0 Å². The summed E-state index contributed by atoms with van der Waals surface area (Å²) in [4.78, 5) is 25.8. The standard InChI is InChI=1S/C28H28N4O3/c1-18-14-19(2)26(20(3)15-18)30-25(33)16-29-28(34)24-17-32(22-8-6-5-7-9-22)31-27(24)21-10-12-23(35-4)13-11-21/h5-15,17H,16H2,1-4H3,(H,29,34)(H,30,33). The molecule has 0 fully saturated rings. The van der Waals surface area contributed by atoms with Gasteiger partial charge in [-0.2, -0.15) is 5.10 Å². The van der Waals surface area contributed by atoms with Crippen molar-refractivity contribution in [1.82, 2.24) is 15.1 Å². The quantitative estimate of drug-likeness (QED) is 0.406. The Kier molecular flexibility index (Phi) is 6.96. The van der Waals surface area contributed by atoms with Gasteiger partial charge in [-0.25, -0.2) is 4.68 Å². The lowest BCUT2D eigenvalue weighted by molar-refractivity contribution is -0.115. The summed E-state index contributed by atoms with van der Waals surface area (Å²) in [6.45, 7) is 5.76. The number of methoxy groups -OCH3 is 1. The van der Waals surface area contributed by atoms with Crippen LogP contribution in [-0.2, 0) is 4.79 Å². The average Bonchev–Trinajstić information content (AvgIpc) is 3.31. The maximum atomic E-state index is 13.2. The molecular formula is C28H28N4O3. The first-order valence-electron chi connectivity index (χ1n) is 11.3. The van der Waals surface area contributed by atoms with Gasteiger partial charge >= 0.3 is 0 Å². The second-order valence-corrected chi connectivity index (χ2v) is 8.40. The van der Waals surface area contributed by atoms with Crippen LogP contribution in [0.25, 0.3) is 16.9 Å². The van der Waals surface area contributed by atoms with Crippen LogP contribution in [-0.4, -0.2) is 35.2 Å². The summed E-state index contributed by atoms with van der Waals surface area (Å²) in [6, 6.07) is 20.9. The van der Waals surface area contributed by atoms with Crippen LogP contribution in [0.5, 0.6) is 5.75 Å². The molecule has 4 aromatic rings. The first-order chi connectivity index (χ1) is 16.9. The third-order valence-corrected chi connectivity index (χ3v) is 5.69. The molecule has 0 radical (unpaired) electrons. The van der Waals surface area contributed by atoms with E-state index in [1.165, 1.54) is 0 Å². The summed E-state index contributed by atoms with van der Waals surface area (Å²) < 4.78 is 6.91. The average molecular weight is 469 g/mol. The highest BCUT2D eigenvalue weighted by atomic mass is 16.5. The van der Waals surface area contributed by atoms with Gasteiger partial charge < -0.3 is 15.4 Å². The van der Waals surface area contributed by atoms with Gasteiger partial charge in [0.2, 0.25) is 5.91 Å². The molecule has 0 aliphatic rings. The zero-order valence-corrected chi connectivity index (χ0v) is 20.3. The monoisotopic (exact) mass is 468 g/mol. The number of carbonyl (C=O) groups is 2. The Morgan fingerprint density at radius 3 is 2.23 bits per heavy atom. The fraction of sp³-hybridized carbons (Fsp3) is 0.179. The van der Waals surface area contributed by atoms with Crippen molar-refractivity contribution in [2.75, 3.05) is 19.0 Å². The Labute approximate surface area is 204 Å². The van der Waals surface area contributed by atoms with E-state index in [0.29, 0.717) is 17.0 Å². The number of aromatic nitrogens is 2. The number of benzene rings is 3. The summed E-state index contributed by atoms with van der Waals surface area (Å²) in [5, 5.41) is 10.3. The van der Waals surface area contributed by atoms with Crippen LogP contribution in [0.3, 0.4) is 0 Å². The van der Waals surface area contributed by atoms with Gasteiger partial charge in [0, 0.05) is 17.4 Å². The molecule has 0 spiro atoms. The molecule has 1 aromatic heterocycles. The molecular weight excluding hydrogens is 440 g/mol. The zero-order valence-electron chi connectivity index (χ0n) is 20.3. The van der Waals surface area contributed by atoms with E-state index in [9.17, 15) is 9.59 Å². The van der Waals surface area contributed by atoms with Crippen molar-refractivity contribution in [2.45, 2.75) is 20.8 Å². The van der Waals surface area contributed by atoms with E-state index in [0.717, 1.165) is 33.6 Å². The molecule has 7 nitrogen and oxygen atoms in total. The Morgan fingerprint density at radius 1 is 0.943 bits per heavy atom. The van der Waals surface area contributed by atoms with Crippen LogP contribution >= 0.6 is 0 Å². The van der Waals surface area contributed by atoms with E-state index >= 15 is 0 Å². The molecule has 4 rings (SSSR count). The molecule has 35 heavy (non-hydrogen) atoms. The lowest BCUT2D eigenvalue weighted by atomic mass is 10.1. The first-order valence-corrected chi connectivity index (χ1v) is 11.3. The van der Waals surface area contributed by atoms with Gasteiger partial charge in [-0.15, -0.1) is 0 Å². The summed E-state index contributed by atoms with van der Waals surface area (Å²) >= 11 is 0. The summed E-state index contributed by atoms with van der Waals surface area (Å²) in [6.07, 6.45) is 1.68. The summed E-state index contributed by atoms with van der Waals surface area (Å²) in [5.74, 6) is 0.0287. The van der Waals surface area contributed by atoms with Gasteiger partial charge in [0.25, 0.3) is 5.91 Å². The number of ether oxygens (including phenoxy) is 1. The second kappa shape index (κ2) is 10.3. The number of nitrogens with one attached hydrogen (secondary N) is 2. The Bertz CT molecular complexity index is 1340. The predicted octanol–water partition coefficient (Wildman–Crippen LogP) is 4.84. The maximum Gasteiger partial charge on any atom is 0.255 e. The van der Waals surface area contributed by atoms with Gasteiger partial charge in [0.05, 0.1) is 24.9 Å². The van der Waals surface area contributed by atoms with Crippen molar-refractivity contribution < 1.29 is 14.3 Å². The van der Waals surface area contributed by atoms with Crippen molar-refractivity contribution in [1.29, 1.82) is 0 Å². The molecule has 0 bridgehead atoms. The largest absolute Gasteiger partial charge is 0.497 e. The molecule has 0 saturated carbocycles. The molecule has 1 heterocycles. The lowest BCUT2D eigenvalue weighted by Gasteiger charge is -2.13. The fourth-order valence-corrected chi connectivity index (χ4v) is 4.03. The third-order valence-electron chi connectivity index (χ3n) is 5.69. The number of carbonyl (C=O) groups excluding carboxylic acids is 2. The van der Waals surface area contributed by atoms with Crippen LogP contribution in [0.15, 0.2) is 72.9 Å². The maximum absolute atomic E-state index is 13.2.